The van der Waals surface area contributed by atoms with Crippen LogP contribution in [0.2, 0.25) is 0 Å². The Morgan fingerprint density at radius 1 is 1.07 bits per heavy atom. The number of nitrogens with zero attached hydrogens (tertiary/aromatic N) is 3. The lowest BCUT2D eigenvalue weighted by molar-refractivity contribution is -0.145. The van der Waals surface area contributed by atoms with E-state index in [2.05, 4.69) is 15.6 Å². The van der Waals surface area contributed by atoms with Crippen molar-refractivity contribution in [2.24, 2.45) is 11.3 Å². The molecule has 4 amide bonds. The van der Waals surface area contributed by atoms with E-state index in [-0.39, 0.29) is 45.1 Å². The van der Waals surface area contributed by atoms with Crippen molar-refractivity contribution in [1.29, 1.82) is 0 Å². The van der Waals surface area contributed by atoms with Gasteiger partial charge in [0.15, 0.2) is 5.67 Å². The largest absolute Gasteiger partial charge is 0.491 e. The van der Waals surface area contributed by atoms with Crippen LogP contribution >= 0.6 is 11.3 Å². The molecular formula is C40H58FN5O8S. The number of aliphatic hydroxyl groups is 1. The Hall–Kier alpha value is -3.82. The van der Waals surface area contributed by atoms with Crippen LogP contribution in [-0.4, -0.2) is 113 Å². The Morgan fingerprint density at radius 2 is 1.78 bits per heavy atom. The molecule has 304 valence electrons. The molecule has 3 aliphatic rings. The van der Waals surface area contributed by atoms with Crippen LogP contribution < -0.4 is 15.4 Å². The van der Waals surface area contributed by atoms with Crippen LogP contribution in [0.4, 0.5) is 9.18 Å². The van der Waals surface area contributed by atoms with Crippen molar-refractivity contribution >= 4 is 35.2 Å². The van der Waals surface area contributed by atoms with Crippen molar-refractivity contribution in [3.8, 4) is 16.2 Å². The normalized spacial score (nSPS) is 20.5. The number of hydrogen-bond donors (Lipinski definition) is 3. The minimum atomic E-state index is -1.96. The van der Waals surface area contributed by atoms with Crippen LogP contribution in [-0.2, 0) is 30.4 Å². The molecule has 1 aromatic heterocycles. The van der Waals surface area contributed by atoms with Crippen molar-refractivity contribution in [3.63, 3.8) is 0 Å². The van der Waals surface area contributed by atoms with E-state index >= 15 is 0 Å². The number of ether oxygens (including phenoxy) is 3. The predicted octanol–water partition coefficient (Wildman–Crippen LogP) is 5.16. The van der Waals surface area contributed by atoms with Gasteiger partial charge in [-0.2, -0.15) is 0 Å². The van der Waals surface area contributed by atoms with Gasteiger partial charge < -0.3 is 39.8 Å². The van der Waals surface area contributed by atoms with Crippen LogP contribution in [0.25, 0.3) is 10.4 Å². The first-order chi connectivity index (χ1) is 25.8. The van der Waals surface area contributed by atoms with Gasteiger partial charge >= 0.3 is 6.09 Å². The number of carbonyl (C=O) groups is 4. The molecule has 1 aliphatic carbocycles. The zero-order valence-corrected chi connectivity index (χ0v) is 34.1. The fourth-order valence-electron chi connectivity index (χ4n) is 6.87. The van der Waals surface area contributed by atoms with Crippen molar-refractivity contribution in [2.45, 2.75) is 123 Å². The Kier molecular flexibility index (Phi) is 13.5. The Balaban J connectivity index is 1.16. The molecule has 3 heterocycles. The summed E-state index contributed by atoms with van der Waals surface area (Å²) in [5, 5.41) is 16.1. The summed E-state index contributed by atoms with van der Waals surface area (Å²) in [6, 6.07) is 3.69. The third kappa shape index (κ3) is 11.4. The molecule has 2 aliphatic heterocycles. The number of rotatable bonds is 14. The second kappa shape index (κ2) is 17.5. The van der Waals surface area contributed by atoms with E-state index in [4.69, 9.17) is 14.2 Å². The Bertz CT molecular complexity index is 1680. The molecule has 0 bridgehead atoms. The summed E-state index contributed by atoms with van der Waals surface area (Å²) in [7, 11) is 0. The highest BCUT2D eigenvalue weighted by Gasteiger charge is 2.53. The van der Waals surface area contributed by atoms with Gasteiger partial charge in [-0.15, -0.1) is 11.3 Å². The predicted molar refractivity (Wildman–Crippen MR) is 206 cm³/mol. The highest BCUT2D eigenvalue weighted by Crippen LogP contribution is 2.40. The van der Waals surface area contributed by atoms with E-state index in [1.165, 1.54) is 16.2 Å². The van der Waals surface area contributed by atoms with Gasteiger partial charge in [0.2, 0.25) is 11.8 Å². The molecule has 0 spiro atoms. The van der Waals surface area contributed by atoms with Crippen LogP contribution in [0.1, 0.15) is 91.3 Å². The summed E-state index contributed by atoms with van der Waals surface area (Å²) in [4.78, 5) is 61.0. The zero-order chi connectivity index (χ0) is 40.1. The number of aromatic nitrogens is 1. The van der Waals surface area contributed by atoms with Crippen molar-refractivity contribution < 1.29 is 42.9 Å². The maximum absolute atomic E-state index is 14.6. The highest BCUT2D eigenvalue weighted by atomic mass is 32.1. The average molecular weight is 788 g/mol. The Labute approximate surface area is 327 Å². The summed E-state index contributed by atoms with van der Waals surface area (Å²) in [6.07, 6.45) is 1.74. The van der Waals surface area contributed by atoms with Gasteiger partial charge in [0.05, 0.1) is 28.8 Å². The van der Waals surface area contributed by atoms with Crippen LogP contribution in [0.3, 0.4) is 0 Å². The summed E-state index contributed by atoms with van der Waals surface area (Å²) < 4.78 is 32.2. The number of halogens is 1. The van der Waals surface area contributed by atoms with Crippen molar-refractivity contribution in [3.05, 3.63) is 35.0 Å². The van der Waals surface area contributed by atoms with Gasteiger partial charge in [-0.05, 0) is 82.8 Å². The number of amides is 4. The lowest BCUT2D eigenvalue weighted by Crippen LogP contribution is -2.59. The van der Waals surface area contributed by atoms with E-state index in [0.717, 1.165) is 35.4 Å². The number of β-amino-alcohol motifs (C(OH)–C–C–N with tert-alkyl or cyclic N) is 1. The first-order valence-electron chi connectivity index (χ1n) is 19.3. The standard InChI is InChI=1S/C40H58FN5O8S/c1-25-32(55-24-43-25)27-8-9-28(31(20-27)53-19-18-52-17-12-26-10-15-45(16-11-26)37(51)54-39(5,6)7)22-42-34(48)30-21-29(47)23-46(30)35(49)33(38(2,3)4)44-36(50)40(41)13-14-40/h8-9,20,24,26,29-30,33,47H,10-19,21-23H2,1-7H3,(H,42,48)(H,44,50)/t29-,30+,33-/m1/s1. The van der Waals surface area contributed by atoms with E-state index < -0.39 is 52.6 Å². The maximum atomic E-state index is 14.6. The van der Waals surface area contributed by atoms with Gasteiger partial charge in [0.25, 0.3) is 5.91 Å². The topological polar surface area (TPSA) is 160 Å². The molecule has 1 aromatic carbocycles. The number of nitrogens with one attached hydrogen (secondary N) is 2. The van der Waals surface area contributed by atoms with E-state index in [9.17, 15) is 28.7 Å². The number of hydrogen-bond acceptors (Lipinski definition) is 10. The quantitative estimate of drug-likeness (QED) is 0.220. The fraction of sp³-hybridized carbons (Fsp3) is 0.675. The number of benzene rings is 1. The molecule has 2 saturated heterocycles. The summed E-state index contributed by atoms with van der Waals surface area (Å²) in [6.45, 7) is 15.4. The van der Waals surface area contributed by atoms with Crippen LogP contribution in [0.15, 0.2) is 23.7 Å². The monoisotopic (exact) mass is 787 g/mol. The molecule has 0 radical (unpaired) electrons. The molecule has 13 nitrogen and oxygen atoms in total. The number of piperidine rings is 1. The first-order valence-corrected chi connectivity index (χ1v) is 20.2. The molecule has 3 N–H and O–H groups in total. The first kappa shape index (κ1) is 42.3. The van der Waals surface area contributed by atoms with Gasteiger partial charge in [-0.25, -0.2) is 14.2 Å². The van der Waals surface area contributed by atoms with E-state index in [0.29, 0.717) is 43.5 Å². The average Bonchev–Trinajstić information content (AvgIpc) is 3.52. The fourth-order valence-corrected chi connectivity index (χ4v) is 7.67. The minimum Gasteiger partial charge on any atom is -0.491 e. The molecular weight excluding hydrogens is 730 g/mol. The molecule has 55 heavy (non-hydrogen) atoms. The number of aryl methyl sites for hydroxylation is 1. The lowest BCUT2D eigenvalue weighted by Gasteiger charge is -2.35. The third-order valence-electron chi connectivity index (χ3n) is 10.3. The number of likely N-dealkylation sites (tertiary alicyclic amines) is 2. The molecule has 15 heteroatoms. The third-order valence-corrected chi connectivity index (χ3v) is 11.3. The van der Waals surface area contributed by atoms with Crippen molar-refractivity contribution in [1.82, 2.24) is 25.4 Å². The van der Waals surface area contributed by atoms with Gasteiger partial charge in [-0.3, -0.25) is 14.4 Å². The second-order valence-electron chi connectivity index (χ2n) is 17.1. The SMILES string of the molecule is Cc1ncsc1-c1ccc(CNC(=O)[C@@H]2C[C@@H](O)CN2C(=O)[C@@H](NC(=O)C2(F)CC2)C(C)(C)C)c(OCCOCCC2CCN(C(=O)OC(C)(C)C)CC2)c1. The smallest absolute Gasteiger partial charge is 0.410 e. The molecule has 0 unspecified atom stereocenters. The zero-order valence-electron chi connectivity index (χ0n) is 33.2. The van der Waals surface area contributed by atoms with E-state index in [1.807, 2.05) is 45.9 Å². The number of alkyl halides is 1. The number of aliphatic hydroxyl groups excluding tert-OH is 1. The van der Waals surface area contributed by atoms with Crippen molar-refractivity contribution in [2.75, 3.05) is 39.5 Å². The summed E-state index contributed by atoms with van der Waals surface area (Å²) >= 11 is 1.52. The van der Waals surface area contributed by atoms with E-state index in [1.54, 1.807) is 31.2 Å². The van der Waals surface area contributed by atoms with Gasteiger partial charge in [0, 0.05) is 44.8 Å². The maximum Gasteiger partial charge on any atom is 0.410 e. The summed E-state index contributed by atoms with van der Waals surface area (Å²) in [5.41, 5.74) is 1.07. The molecule has 2 aromatic rings. The van der Waals surface area contributed by atoms with Gasteiger partial charge in [0.1, 0.15) is 30.0 Å². The van der Waals surface area contributed by atoms with Crippen LogP contribution in [0.5, 0.6) is 5.75 Å². The molecule has 3 atom stereocenters. The molecule has 5 rings (SSSR count). The Morgan fingerprint density at radius 3 is 2.40 bits per heavy atom. The van der Waals surface area contributed by atoms with Crippen LogP contribution in [0, 0.1) is 18.3 Å². The molecule has 3 fully saturated rings. The molecule has 1 saturated carbocycles. The minimum absolute atomic E-state index is 0.0303. The summed E-state index contributed by atoms with van der Waals surface area (Å²) in [5.74, 6) is -0.792. The number of thiazole rings is 1. The highest BCUT2D eigenvalue weighted by molar-refractivity contribution is 7.13. The number of carbonyl (C=O) groups excluding carboxylic acids is 4. The van der Waals surface area contributed by atoms with Gasteiger partial charge in [-0.1, -0.05) is 32.9 Å². The lowest BCUT2D eigenvalue weighted by atomic mass is 9.85. The second-order valence-corrected chi connectivity index (χ2v) is 18.0.